The van der Waals surface area contributed by atoms with Crippen LogP contribution in [-0.4, -0.2) is 24.2 Å². The van der Waals surface area contributed by atoms with Gasteiger partial charge < -0.3 is 10.4 Å². The lowest BCUT2D eigenvalue weighted by atomic mass is 10.1. The lowest BCUT2D eigenvalue weighted by molar-refractivity contribution is -0.117. The van der Waals surface area contributed by atoms with E-state index in [9.17, 15) is 4.79 Å². The number of rotatable bonds is 6. The van der Waals surface area contributed by atoms with Gasteiger partial charge in [-0.25, -0.2) is 0 Å². The van der Waals surface area contributed by atoms with Crippen LogP contribution < -0.4 is 5.32 Å². The predicted molar refractivity (Wildman–Crippen MR) is 57.9 cm³/mol. The first-order chi connectivity index (χ1) is 6.61. The first-order valence-corrected chi connectivity index (χ1v) is 5.17. The topological polar surface area (TPSA) is 49.3 Å². The van der Waals surface area contributed by atoms with Crippen molar-refractivity contribution in [2.24, 2.45) is 5.92 Å². The fourth-order valence-electron chi connectivity index (χ4n) is 1.13. The van der Waals surface area contributed by atoms with Gasteiger partial charge >= 0.3 is 0 Å². The predicted octanol–water partition coefficient (Wildman–Crippen LogP) is 1.48. The highest BCUT2D eigenvalue weighted by atomic mass is 16.3. The Morgan fingerprint density at radius 3 is 2.71 bits per heavy atom. The van der Waals surface area contributed by atoms with E-state index < -0.39 is 0 Å². The van der Waals surface area contributed by atoms with Crippen LogP contribution in [0.1, 0.15) is 33.6 Å². The third kappa shape index (κ3) is 5.75. The summed E-state index contributed by atoms with van der Waals surface area (Å²) in [6, 6.07) is 0. The lowest BCUT2D eigenvalue weighted by Crippen LogP contribution is -2.29. The van der Waals surface area contributed by atoms with Crippen molar-refractivity contribution in [3.8, 4) is 0 Å². The Morgan fingerprint density at radius 1 is 1.57 bits per heavy atom. The van der Waals surface area contributed by atoms with E-state index in [1.54, 1.807) is 0 Å². The highest BCUT2D eigenvalue weighted by Gasteiger charge is 2.05. The number of hydrogen-bond donors (Lipinski definition) is 2. The highest BCUT2D eigenvalue weighted by Crippen LogP contribution is 2.00. The fourth-order valence-corrected chi connectivity index (χ4v) is 1.13. The zero-order valence-corrected chi connectivity index (χ0v) is 9.34. The summed E-state index contributed by atoms with van der Waals surface area (Å²) >= 11 is 0. The number of amides is 1. The summed E-state index contributed by atoms with van der Waals surface area (Å²) in [7, 11) is 0. The van der Waals surface area contributed by atoms with Gasteiger partial charge in [-0.05, 0) is 25.7 Å². The van der Waals surface area contributed by atoms with E-state index in [4.69, 9.17) is 5.11 Å². The minimum Gasteiger partial charge on any atom is -0.396 e. The van der Waals surface area contributed by atoms with Gasteiger partial charge in [-0.2, -0.15) is 0 Å². The van der Waals surface area contributed by atoms with Crippen molar-refractivity contribution in [3.05, 3.63) is 11.6 Å². The van der Waals surface area contributed by atoms with Crippen molar-refractivity contribution in [1.29, 1.82) is 0 Å². The maximum Gasteiger partial charge on any atom is 0.246 e. The number of nitrogens with one attached hydrogen (secondary N) is 1. The maximum atomic E-state index is 11.4. The molecule has 0 aromatic heterocycles. The molecule has 0 saturated heterocycles. The van der Waals surface area contributed by atoms with Gasteiger partial charge in [-0.15, -0.1) is 0 Å². The van der Waals surface area contributed by atoms with E-state index in [1.165, 1.54) is 0 Å². The molecule has 3 nitrogen and oxygen atoms in total. The van der Waals surface area contributed by atoms with Crippen LogP contribution in [0, 0.1) is 5.92 Å². The van der Waals surface area contributed by atoms with Gasteiger partial charge in [0.2, 0.25) is 5.91 Å². The number of carbonyl (C=O) groups excluding carboxylic acids is 1. The molecular weight excluding hydrogens is 178 g/mol. The maximum absolute atomic E-state index is 11.4. The molecule has 0 saturated carbocycles. The van der Waals surface area contributed by atoms with E-state index >= 15 is 0 Å². The Morgan fingerprint density at radius 2 is 2.21 bits per heavy atom. The van der Waals surface area contributed by atoms with E-state index in [2.05, 4.69) is 5.32 Å². The molecule has 0 radical (unpaired) electrons. The van der Waals surface area contributed by atoms with E-state index in [-0.39, 0.29) is 12.5 Å². The summed E-state index contributed by atoms with van der Waals surface area (Å²) in [5.74, 6) is 0.329. The molecule has 2 N–H and O–H groups in total. The number of aliphatic hydroxyl groups is 1. The first-order valence-electron chi connectivity index (χ1n) is 5.17. The van der Waals surface area contributed by atoms with E-state index in [0.29, 0.717) is 12.5 Å². The third-order valence-corrected chi connectivity index (χ3v) is 2.10. The highest BCUT2D eigenvalue weighted by molar-refractivity contribution is 5.92. The zero-order valence-electron chi connectivity index (χ0n) is 9.34. The van der Waals surface area contributed by atoms with Crippen LogP contribution in [-0.2, 0) is 4.79 Å². The van der Waals surface area contributed by atoms with Gasteiger partial charge in [-0.3, -0.25) is 4.79 Å². The second kappa shape index (κ2) is 7.56. The molecule has 1 atom stereocenters. The number of allylic oxidation sites excluding steroid dienone is 1. The van der Waals surface area contributed by atoms with Crippen molar-refractivity contribution < 1.29 is 9.90 Å². The second-order valence-corrected chi connectivity index (χ2v) is 3.62. The largest absolute Gasteiger partial charge is 0.396 e. The van der Waals surface area contributed by atoms with Crippen molar-refractivity contribution >= 4 is 5.91 Å². The summed E-state index contributed by atoms with van der Waals surface area (Å²) in [6.07, 6.45) is 3.52. The van der Waals surface area contributed by atoms with Gasteiger partial charge in [0.25, 0.3) is 0 Å². The summed E-state index contributed by atoms with van der Waals surface area (Å²) < 4.78 is 0. The molecule has 1 unspecified atom stereocenters. The number of aliphatic hydroxyl groups excluding tert-OH is 1. The summed E-state index contributed by atoms with van der Waals surface area (Å²) in [6.45, 7) is 6.64. The smallest absolute Gasteiger partial charge is 0.246 e. The van der Waals surface area contributed by atoms with Gasteiger partial charge in [0, 0.05) is 18.7 Å². The van der Waals surface area contributed by atoms with Crippen molar-refractivity contribution in [2.45, 2.75) is 33.6 Å². The average molecular weight is 199 g/mol. The van der Waals surface area contributed by atoms with E-state index in [1.807, 2.05) is 26.8 Å². The Labute approximate surface area is 86.2 Å². The molecule has 14 heavy (non-hydrogen) atoms. The number of carbonyl (C=O) groups is 1. The monoisotopic (exact) mass is 199 g/mol. The average Bonchev–Trinajstić information content (AvgIpc) is 2.15. The lowest BCUT2D eigenvalue weighted by Gasteiger charge is -2.11. The second-order valence-electron chi connectivity index (χ2n) is 3.62. The van der Waals surface area contributed by atoms with Gasteiger partial charge in [0.1, 0.15) is 0 Å². The van der Waals surface area contributed by atoms with Crippen LogP contribution in [0.25, 0.3) is 0 Å². The molecule has 0 rings (SSSR count). The van der Waals surface area contributed by atoms with Crippen LogP contribution in [0.2, 0.25) is 0 Å². The number of hydrogen-bond acceptors (Lipinski definition) is 2. The molecule has 0 heterocycles. The Bertz CT molecular complexity index is 199. The summed E-state index contributed by atoms with van der Waals surface area (Å²) in [4.78, 5) is 11.4. The van der Waals surface area contributed by atoms with Crippen LogP contribution in [0.3, 0.4) is 0 Å². The molecule has 0 bridgehead atoms. The summed E-state index contributed by atoms with van der Waals surface area (Å²) in [5, 5.41) is 11.5. The van der Waals surface area contributed by atoms with Crippen LogP contribution >= 0.6 is 0 Å². The first kappa shape index (κ1) is 13.2. The molecule has 3 heteroatoms. The van der Waals surface area contributed by atoms with Crippen LogP contribution in [0.5, 0.6) is 0 Å². The minimum absolute atomic E-state index is 0.00311. The van der Waals surface area contributed by atoms with Crippen molar-refractivity contribution in [3.63, 3.8) is 0 Å². The van der Waals surface area contributed by atoms with Crippen LogP contribution in [0.15, 0.2) is 11.6 Å². The molecule has 0 aliphatic carbocycles. The fraction of sp³-hybridized carbons (Fsp3) is 0.727. The molecule has 1 amide bonds. The molecule has 0 aliphatic rings. The van der Waals surface area contributed by atoms with Gasteiger partial charge in [0.05, 0.1) is 0 Å². The molecule has 0 spiro atoms. The Kier molecular flexibility index (Phi) is 7.11. The molecule has 0 fully saturated rings. The van der Waals surface area contributed by atoms with Gasteiger partial charge in [0.15, 0.2) is 0 Å². The Hall–Kier alpha value is -0.830. The molecule has 0 aliphatic heterocycles. The van der Waals surface area contributed by atoms with Crippen LogP contribution in [0.4, 0.5) is 0 Å². The molecule has 0 aromatic rings. The van der Waals surface area contributed by atoms with Crippen molar-refractivity contribution in [2.75, 3.05) is 13.2 Å². The molecule has 82 valence electrons. The minimum atomic E-state index is -0.00311. The molecular formula is C11H21NO2. The summed E-state index contributed by atoms with van der Waals surface area (Å²) in [5.41, 5.74) is 0.767. The normalized spacial score (nSPS) is 13.9. The zero-order chi connectivity index (χ0) is 11.0. The van der Waals surface area contributed by atoms with E-state index in [0.717, 1.165) is 18.4 Å². The Balaban J connectivity index is 3.79. The standard InChI is InChI=1S/C11H21NO2/c1-4-5-10(3)11(14)12-8-9(2)6-7-13/h5,9,13H,4,6-8H2,1-3H3,(H,12,14). The quantitative estimate of drug-likeness (QED) is 0.636. The SMILES string of the molecule is CCC=C(C)C(=O)NCC(C)CCO. The van der Waals surface area contributed by atoms with Crippen molar-refractivity contribution in [1.82, 2.24) is 5.32 Å². The molecule has 0 aromatic carbocycles. The van der Waals surface area contributed by atoms with Gasteiger partial charge in [-0.1, -0.05) is 19.9 Å². The third-order valence-electron chi connectivity index (χ3n) is 2.10.